The van der Waals surface area contributed by atoms with E-state index in [4.69, 9.17) is 0 Å². The molecular formula is C14H15FN2O. The van der Waals surface area contributed by atoms with E-state index in [1.165, 1.54) is 6.07 Å². The van der Waals surface area contributed by atoms with Crippen molar-refractivity contribution in [2.75, 3.05) is 0 Å². The van der Waals surface area contributed by atoms with Gasteiger partial charge < -0.3 is 10.4 Å². The lowest BCUT2D eigenvalue weighted by molar-refractivity contribution is 0.421. The summed E-state index contributed by atoms with van der Waals surface area (Å²) >= 11 is 0. The third-order valence-corrected chi connectivity index (χ3v) is 2.88. The van der Waals surface area contributed by atoms with Gasteiger partial charge in [-0.05, 0) is 30.7 Å². The van der Waals surface area contributed by atoms with Crippen LogP contribution >= 0.6 is 0 Å². The minimum atomic E-state index is -0.592. The Bertz CT molecular complexity index is 516. The Hall–Kier alpha value is -1.94. The van der Waals surface area contributed by atoms with Crippen molar-refractivity contribution in [3.8, 4) is 5.75 Å². The zero-order chi connectivity index (χ0) is 13.0. The molecule has 0 amide bonds. The van der Waals surface area contributed by atoms with Gasteiger partial charge in [-0.3, -0.25) is 4.98 Å². The van der Waals surface area contributed by atoms with Gasteiger partial charge in [0, 0.05) is 30.5 Å². The molecule has 0 spiro atoms. The molecule has 1 aromatic heterocycles. The number of nitrogens with one attached hydrogen (secondary N) is 1. The van der Waals surface area contributed by atoms with E-state index in [1.54, 1.807) is 24.5 Å². The maximum absolute atomic E-state index is 13.1. The Morgan fingerprint density at radius 3 is 2.72 bits per heavy atom. The molecule has 3 nitrogen and oxygen atoms in total. The summed E-state index contributed by atoms with van der Waals surface area (Å²) < 4.78 is 13.1. The number of aromatic hydroxyl groups is 1. The number of phenols is 1. The predicted octanol–water partition coefficient (Wildman–Crippen LogP) is 2.78. The molecular weight excluding hydrogens is 231 g/mol. The van der Waals surface area contributed by atoms with E-state index in [1.807, 2.05) is 19.1 Å². The number of phenolic OH excluding ortho intramolecular Hbond substituents is 1. The number of para-hydroxylation sites is 1. The van der Waals surface area contributed by atoms with Gasteiger partial charge in [0.1, 0.15) is 0 Å². The zero-order valence-electron chi connectivity index (χ0n) is 10.1. The van der Waals surface area contributed by atoms with Crippen molar-refractivity contribution >= 4 is 0 Å². The topological polar surface area (TPSA) is 45.1 Å². The molecule has 2 N–H and O–H groups in total. The lowest BCUT2D eigenvalue weighted by Crippen LogP contribution is -2.18. The average Bonchev–Trinajstić information content (AvgIpc) is 2.41. The molecule has 1 atom stereocenters. The molecule has 0 aliphatic carbocycles. The van der Waals surface area contributed by atoms with Gasteiger partial charge in [-0.2, -0.15) is 0 Å². The number of hydrogen-bond acceptors (Lipinski definition) is 3. The third-order valence-electron chi connectivity index (χ3n) is 2.88. The van der Waals surface area contributed by atoms with Gasteiger partial charge in [-0.1, -0.05) is 12.1 Å². The summed E-state index contributed by atoms with van der Waals surface area (Å²) in [5.41, 5.74) is 1.65. The second-order valence-corrected chi connectivity index (χ2v) is 4.13. The zero-order valence-corrected chi connectivity index (χ0v) is 10.1. The largest absolute Gasteiger partial charge is 0.505 e. The van der Waals surface area contributed by atoms with E-state index in [2.05, 4.69) is 10.3 Å². The molecule has 18 heavy (non-hydrogen) atoms. The van der Waals surface area contributed by atoms with Crippen LogP contribution in [0.4, 0.5) is 4.39 Å². The predicted molar refractivity (Wildman–Crippen MR) is 67.6 cm³/mol. The normalized spacial score (nSPS) is 12.3. The first-order chi connectivity index (χ1) is 8.68. The lowest BCUT2D eigenvalue weighted by atomic mass is 10.1. The fourth-order valence-corrected chi connectivity index (χ4v) is 1.74. The van der Waals surface area contributed by atoms with E-state index in [0.29, 0.717) is 12.1 Å². The quantitative estimate of drug-likeness (QED) is 0.872. The van der Waals surface area contributed by atoms with Crippen LogP contribution < -0.4 is 5.32 Å². The van der Waals surface area contributed by atoms with Crippen molar-refractivity contribution < 1.29 is 9.50 Å². The summed E-state index contributed by atoms with van der Waals surface area (Å²) in [7, 11) is 0. The molecule has 94 valence electrons. The van der Waals surface area contributed by atoms with Crippen LogP contribution in [0.25, 0.3) is 0 Å². The summed E-state index contributed by atoms with van der Waals surface area (Å²) in [5.74, 6) is -0.877. The third kappa shape index (κ3) is 2.84. The highest BCUT2D eigenvalue weighted by molar-refractivity contribution is 5.33. The molecule has 2 aromatic rings. The molecule has 0 saturated heterocycles. The van der Waals surface area contributed by atoms with Crippen LogP contribution in [0, 0.1) is 5.82 Å². The maximum Gasteiger partial charge on any atom is 0.165 e. The van der Waals surface area contributed by atoms with E-state index >= 15 is 0 Å². The minimum Gasteiger partial charge on any atom is -0.505 e. The molecule has 0 aliphatic heterocycles. The van der Waals surface area contributed by atoms with Crippen LogP contribution in [0.5, 0.6) is 5.75 Å². The minimum absolute atomic E-state index is 0.107. The Balaban J connectivity index is 2.02. The summed E-state index contributed by atoms with van der Waals surface area (Å²) in [6.07, 6.45) is 3.46. The highest BCUT2D eigenvalue weighted by atomic mass is 19.1. The van der Waals surface area contributed by atoms with Gasteiger partial charge in [0.25, 0.3) is 0 Å². The molecule has 4 heteroatoms. The van der Waals surface area contributed by atoms with Gasteiger partial charge in [0.2, 0.25) is 0 Å². The van der Waals surface area contributed by atoms with Crippen LogP contribution in [-0.4, -0.2) is 10.1 Å². The van der Waals surface area contributed by atoms with E-state index < -0.39 is 5.82 Å². The van der Waals surface area contributed by atoms with Gasteiger partial charge >= 0.3 is 0 Å². The van der Waals surface area contributed by atoms with Gasteiger partial charge in [0.15, 0.2) is 11.6 Å². The monoisotopic (exact) mass is 246 g/mol. The molecule has 0 aliphatic rings. The van der Waals surface area contributed by atoms with Gasteiger partial charge in [-0.25, -0.2) is 4.39 Å². The van der Waals surface area contributed by atoms with Gasteiger partial charge in [-0.15, -0.1) is 0 Å². The number of benzene rings is 1. The summed E-state index contributed by atoms with van der Waals surface area (Å²) in [6.45, 7) is 2.42. The Kier molecular flexibility index (Phi) is 3.89. The number of pyridine rings is 1. The fourth-order valence-electron chi connectivity index (χ4n) is 1.74. The molecule has 0 fully saturated rings. The molecule has 1 aromatic carbocycles. The first kappa shape index (κ1) is 12.5. The number of halogens is 1. The van der Waals surface area contributed by atoms with Crippen LogP contribution in [0.3, 0.4) is 0 Å². The van der Waals surface area contributed by atoms with Crippen molar-refractivity contribution in [3.05, 3.63) is 59.7 Å². The Morgan fingerprint density at radius 1 is 1.28 bits per heavy atom. The van der Waals surface area contributed by atoms with Crippen molar-refractivity contribution in [3.63, 3.8) is 0 Å². The van der Waals surface area contributed by atoms with Crippen molar-refractivity contribution in [1.82, 2.24) is 10.3 Å². The molecule has 0 radical (unpaired) electrons. The summed E-state index contributed by atoms with van der Waals surface area (Å²) in [5, 5.41) is 12.8. The summed E-state index contributed by atoms with van der Waals surface area (Å²) in [6, 6.07) is 8.47. The van der Waals surface area contributed by atoms with Crippen molar-refractivity contribution in [2.24, 2.45) is 0 Å². The first-order valence-corrected chi connectivity index (χ1v) is 5.78. The standard InChI is InChI=1S/C14H15FN2O/c1-10(11-5-7-16-8-6-11)17-9-12-3-2-4-13(15)14(12)18/h2-8,10,17-18H,9H2,1H3/t10-/m0/s1. The number of aromatic nitrogens is 1. The first-order valence-electron chi connectivity index (χ1n) is 5.78. The SMILES string of the molecule is C[C@H](NCc1cccc(F)c1O)c1ccncc1. The Morgan fingerprint density at radius 2 is 2.00 bits per heavy atom. The number of hydrogen-bond donors (Lipinski definition) is 2. The molecule has 2 rings (SSSR count). The maximum atomic E-state index is 13.1. The molecule has 0 unspecified atom stereocenters. The highest BCUT2D eigenvalue weighted by Crippen LogP contribution is 2.21. The highest BCUT2D eigenvalue weighted by Gasteiger charge is 2.08. The average molecular weight is 246 g/mol. The van der Waals surface area contributed by atoms with Crippen LogP contribution in [0.1, 0.15) is 24.1 Å². The Labute approximate surface area is 105 Å². The van der Waals surface area contributed by atoms with E-state index in [-0.39, 0.29) is 11.8 Å². The van der Waals surface area contributed by atoms with Gasteiger partial charge in [0.05, 0.1) is 0 Å². The molecule has 1 heterocycles. The molecule has 0 bridgehead atoms. The molecule has 0 saturated carbocycles. The second kappa shape index (κ2) is 5.60. The van der Waals surface area contributed by atoms with E-state index in [0.717, 1.165) is 5.56 Å². The summed E-state index contributed by atoms with van der Waals surface area (Å²) in [4.78, 5) is 3.95. The number of nitrogens with zero attached hydrogens (tertiary/aromatic N) is 1. The van der Waals surface area contributed by atoms with Crippen LogP contribution in [0.15, 0.2) is 42.7 Å². The second-order valence-electron chi connectivity index (χ2n) is 4.13. The van der Waals surface area contributed by atoms with Crippen molar-refractivity contribution in [1.29, 1.82) is 0 Å². The smallest absolute Gasteiger partial charge is 0.165 e. The van der Waals surface area contributed by atoms with Crippen LogP contribution in [-0.2, 0) is 6.54 Å². The lowest BCUT2D eigenvalue weighted by Gasteiger charge is -2.14. The van der Waals surface area contributed by atoms with Crippen molar-refractivity contribution in [2.45, 2.75) is 19.5 Å². The fraction of sp³-hybridized carbons (Fsp3) is 0.214. The van der Waals surface area contributed by atoms with E-state index in [9.17, 15) is 9.50 Å². The number of rotatable bonds is 4. The van der Waals surface area contributed by atoms with Crippen LogP contribution in [0.2, 0.25) is 0 Å².